The summed E-state index contributed by atoms with van der Waals surface area (Å²) >= 11 is 1.65. The first kappa shape index (κ1) is 28.8. The Morgan fingerprint density at radius 2 is 1.82 bits per heavy atom. The summed E-state index contributed by atoms with van der Waals surface area (Å²) in [4.78, 5) is 39.4. The number of urea groups is 1. The molecule has 0 saturated carbocycles. The van der Waals surface area contributed by atoms with Gasteiger partial charge in [-0.1, -0.05) is 38.0 Å². The number of unbranched alkanes of at least 4 members (excludes halogenated alkanes) is 2. The molecule has 3 N–H and O–H groups in total. The number of hydrazone groups is 1. The number of anilines is 2. The number of benzene rings is 3. The predicted molar refractivity (Wildman–Crippen MR) is 156 cm³/mol. The van der Waals surface area contributed by atoms with Crippen molar-refractivity contribution in [2.24, 2.45) is 5.10 Å². The Morgan fingerprint density at radius 1 is 1.02 bits per heavy atom. The van der Waals surface area contributed by atoms with E-state index in [1.807, 2.05) is 30.3 Å². The maximum absolute atomic E-state index is 13.4. The fourth-order valence-electron chi connectivity index (χ4n) is 4.34. The van der Waals surface area contributed by atoms with Crippen LogP contribution >= 0.6 is 11.8 Å². The number of nitrogens with one attached hydrogen (secondary N) is 2. The van der Waals surface area contributed by atoms with Crippen LogP contribution in [-0.4, -0.2) is 41.0 Å². The highest BCUT2D eigenvalue weighted by Gasteiger charge is 2.34. The second-order valence-electron chi connectivity index (χ2n) is 9.33. The second-order valence-corrected chi connectivity index (χ2v) is 10.5. The SMILES string of the molecule is CCCCCN1C(=O)/C(=N\NC(=O)Nc2cccc(F)c2)c2cc(SCCCc3ccc(C(=O)O)cc3)ccc21. The minimum absolute atomic E-state index is 0.155. The molecule has 0 radical (unpaired) electrons. The number of carbonyl (C=O) groups excluding carboxylic acids is 2. The van der Waals surface area contributed by atoms with Crippen LogP contribution in [0.3, 0.4) is 0 Å². The van der Waals surface area contributed by atoms with Crippen molar-refractivity contribution in [2.75, 3.05) is 22.5 Å². The zero-order valence-corrected chi connectivity index (χ0v) is 23.0. The van der Waals surface area contributed by atoms with Crippen molar-refractivity contribution in [3.63, 3.8) is 0 Å². The van der Waals surface area contributed by atoms with E-state index in [4.69, 9.17) is 5.11 Å². The van der Waals surface area contributed by atoms with Crippen LogP contribution < -0.4 is 15.6 Å². The molecule has 0 spiro atoms. The first-order valence-electron chi connectivity index (χ1n) is 13.2. The Morgan fingerprint density at radius 3 is 2.55 bits per heavy atom. The largest absolute Gasteiger partial charge is 0.478 e. The molecule has 1 aliphatic rings. The highest BCUT2D eigenvalue weighted by Crippen LogP contribution is 2.33. The molecule has 0 aromatic heterocycles. The number of rotatable bonds is 12. The van der Waals surface area contributed by atoms with Crippen molar-refractivity contribution < 1.29 is 23.9 Å². The van der Waals surface area contributed by atoms with Gasteiger partial charge in [-0.2, -0.15) is 5.10 Å². The van der Waals surface area contributed by atoms with Crippen LogP contribution in [-0.2, 0) is 11.2 Å². The van der Waals surface area contributed by atoms with Gasteiger partial charge in [0.2, 0.25) is 0 Å². The number of fused-ring (bicyclic) bond motifs is 1. The zero-order valence-electron chi connectivity index (χ0n) is 22.2. The van der Waals surface area contributed by atoms with Crippen LogP contribution in [0, 0.1) is 5.82 Å². The number of aromatic carboxylic acids is 1. The molecule has 0 unspecified atom stereocenters. The number of hydrogen-bond donors (Lipinski definition) is 3. The minimum atomic E-state index is -0.938. The number of hydrogen-bond acceptors (Lipinski definition) is 5. The number of carboxylic acids is 1. The Kier molecular flexibility index (Phi) is 9.91. The van der Waals surface area contributed by atoms with E-state index in [1.54, 1.807) is 34.9 Å². The van der Waals surface area contributed by atoms with E-state index in [0.717, 1.165) is 54.0 Å². The van der Waals surface area contributed by atoms with Gasteiger partial charge in [-0.25, -0.2) is 19.4 Å². The highest BCUT2D eigenvalue weighted by atomic mass is 32.2. The normalized spacial score (nSPS) is 13.4. The molecular weight excluding hydrogens is 531 g/mol. The number of nitrogens with zero attached hydrogens (tertiary/aromatic N) is 2. The van der Waals surface area contributed by atoms with Crippen molar-refractivity contribution in [2.45, 2.75) is 43.9 Å². The molecule has 0 fully saturated rings. The van der Waals surface area contributed by atoms with E-state index in [0.29, 0.717) is 12.1 Å². The van der Waals surface area contributed by atoms with Crippen LogP contribution in [0.2, 0.25) is 0 Å². The lowest BCUT2D eigenvalue weighted by atomic mass is 10.1. The number of amides is 3. The smallest absolute Gasteiger partial charge is 0.339 e. The molecule has 0 saturated heterocycles. The first-order valence-corrected chi connectivity index (χ1v) is 14.2. The van der Waals surface area contributed by atoms with Crippen molar-refractivity contribution in [1.82, 2.24) is 5.43 Å². The van der Waals surface area contributed by atoms with E-state index in [-0.39, 0.29) is 22.9 Å². The van der Waals surface area contributed by atoms with Crippen molar-refractivity contribution in [1.29, 1.82) is 0 Å². The van der Waals surface area contributed by atoms with Gasteiger partial charge in [-0.05, 0) is 79.1 Å². The third-order valence-electron chi connectivity index (χ3n) is 6.38. The molecule has 3 amide bonds. The predicted octanol–water partition coefficient (Wildman–Crippen LogP) is 6.31. The molecule has 3 aromatic rings. The van der Waals surface area contributed by atoms with Gasteiger partial charge in [0.1, 0.15) is 5.82 Å². The van der Waals surface area contributed by atoms with Gasteiger partial charge in [-0.15, -0.1) is 11.8 Å². The summed E-state index contributed by atoms with van der Waals surface area (Å²) in [5, 5.41) is 15.7. The van der Waals surface area contributed by atoms with Gasteiger partial charge in [0.25, 0.3) is 5.91 Å². The number of thioether (sulfide) groups is 1. The zero-order chi connectivity index (χ0) is 28.5. The molecule has 1 heterocycles. The monoisotopic (exact) mass is 562 g/mol. The van der Waals surface area contributed by atoms with E-state index >= 15 is 0 Å². The lowest BCUT2D eigenvalue weighted by molar-refractivity contribution is -0.112. The van der Waals surface area contributed by atoms with Crippen molar-refractivity contribution >= 4 is 46.8 Å². The van der Waals surface area contributed by atoms with Crippen LogP contribution in [0.15, 0.2) is 76.7 Å². The van der Waals surface area contributed by atoms with Gasteiger partial charge < -0.3 is 15.3 Å². The summed E-state index contributed by atoms with van der Waals surface area (Å²) in [6, 6.07) is 17.5. The van der Waals surface area contributed by atoms with Gasteiger partial charge in [0.15, 0.2) is 5.71 Å². The summed E-state index contributed by atoms with van der Waals surface area (Å²) in [6.07, 6.45) is 4.58. The van der Waals surface area contributed by atoms with Gasteiger partial charge in [-0.3, -0.25) is 4.79 Å². The maximum atomic E-state index is 13.4. The molecule has 0 aliphatic carbocycles. The van der Waals surface area contributed by atoms with Crippen molar-refractivity contribution in [3.8, 4) is 0 Å². The molecule has 1 aliphatic heterocycles. The highest BCUT2D eigenvalue weighted by molar-refractivity contribution is 7.99. The molecule has 4 rings (SSSR count). The van der Waals surface area contributed by atoms with Crippen LogP contribution in [0.5, 0.6) is 0 Å². The van der Waals surface area contributed by atoms with E-state index in [9.17, 15) is 18.8 Å². The number of halogens is 1. The molecular formula is C30H31FN4O4S. The van der Waals surface area contributed by atoms with E-state index in [2.05, 4.69) is 22.8 Å². The fourth-order valence-corrected chi connectivity index (χ4v) is 5.23. The quantitative estimate of drug-likeness (QED) is 0.136. The minimum Gasteiger partial charge on any atom is -0.478 e. The summed E-state index contributed by atoms with van der Waals surface area (Å²) in [6.45, 7) is 2.66. The van der Waals surface area contributed by atoms with E-state index in [1.165, 1.54) is 18.2 Å². The summed E-state index contributed by atoms with van der Waals surface area (Å²) in [7, 11) is 0. The van der Waals surface area contributed by atoms with Crippen LogP contribution in [0.25, 0.3) is 0 Å². The summed E-state index contributed by atoms with van der Waals surface area (Å²) < 4.78 is 13.4. The maximum Gasteiger partial charge on any atom is 0.339 e. The first-order chi connectivity index (χ1) is 19.4. The lowest BCUT2D eigenvalue weighted by Crippen LogP contribution is -2.33. The standard InChI is InChI=1S/C30H31FN4O4S/c1-2-3-4-16-35-26-15-14-24(40-17-6-7-20-10-12-21(13-11-20)29(37)38)19-25(26)27(28(35)36)33-34-30(39)32-23-9-5-8-22(31)18-23/h5,8-15,18-19H,2-4,6-7,16-17H2,1H3,(H,37,38)(H2,32,34,39)/b33-27-. The van der Waals surface area contributed by atoms with E-state index < -0.39 is 17.8 Å². The Labute approximate surface area is 236 Å². The van der Waals surface area contributed by atoms with Crippen LogP contribution in [0.4, 0.5) is 20.6 Å². The Hall–Kier alpha value is -4.18. The third-order valence-corrected chi connectivity index (χ3v) is 7.46. The lowest BCUT2D eigenvalue weighted by Gasteiger charge is -2.16. The molecule has 8 nitrogen and oxygen atoms in total. The average Bonchev–Trinajstić information content (AvgIpc) is 3.20. The van der Waals surface area contributed by atoms with Gasteiger partial charge >= 0.3 is 12.0 Å². The third kappa shape index (κ3) is 7.47. The van der Waals surface area contributed by atoms with Crippen LogP contribution in [0.1, 0.15) is 54.1 Å². The van der Waals surface area contributed by atoms with Gasteiger partial charge in [0, 0.05) is 22.7 Å². The number of carbonyl (C=O) groups is 3. The Bertz CT molecular complexity index is 1410. The number of carboxylic acid groups (broad SMARTS) is 1. The summed E-state index contributed by atoms with van der Waals surface area (Å²) in [5.74, 6) is -0.864. The molecule has 10 heteroatoms. The fraction of sp³-hybridized carbons (Fsp3) is 0.267. The molecule has 208 valence electrons. The average molecular weight is 563 g/mol. The molecule has 0 bridgehead atoms. The second kappa shape index (κ2) is 13.7. The Balaban J connectivity index is 1.43. The summed E-state index contributed by atoms with van der Waals surface area (Å²) in [5.41, 5.74) is 5.56. The molecule has 3 aromatic carbocycles. The number of aryl methyl sites for hydroxylation is 1. The molecule has 0 atom stereocenters. The van der Waals surface area contributed by atoms with Crippen molar-refractivity contribution in [3.05, 3.63) is 89.2 Å². The topological polar surface area (TPSA) is 111 Å². The van der Waals surface area contributed by atoms with Gasteiger partial charge in [0.05, 0.1) is 11.3 Å². The molecule has 40 heavy (non-hydrogen) atoms.